The van der Waals surface area contributed by atoms with Gasteiger partial charge in [-0.2, -0.15) is 9.40 Å². The van der Waals surface area contributed by atoms with E-state index in [-0.39, 0.29) is 10.8 Å². The fourth-order valence-electron chi connectivity index (χ4n) is 3.66. The Labute approximate surface area is 172 Å². The van der Waals surface area contributed by atoms with E-state index in [9.17, 15) is 13.2 Å². The maximum atomic E-state index is 12.5. The molecule has 8 heteroatoms. The Morgan fingerprint density at radius 3 is 2.45 bits per heavy atom. The van der Waals surface area contributed by atoms with Crippen LogP contribution in [0.25, 0.3) is 6.08 Å². The maximum absolute atomic E-state index is 12.5. The van der Waals surface area contributed by atoms with Gasteiger partial charge in [0.1, 0.15) is 5.82 Å². The molecule has 1 fully saturated rings. The highest BCUT2D eigenvalue weighted by molar-refractivity contribution is 7.89. The van der Waals surface area contributed by atoms with Crippen molar-refractivity contribution in [3.63, 3.8) is 0 Å². The lowest BCUT2D eigenvalue weighted by atomic mass is 10.2. The highest BCUT2D eigenvalue weighted by Crippen LogP contribution is 2.31. The van der Waals surface area contributed by atoms with Crippen LogP contribution >= 0.6 is 0 Å². The van der Waals surface area contributed by atoms with Gasteiger partial charge >= 0.3 is 0 Å². The van der Waals surface area contributed by atoms with Crippen LogP contribution in [0.4, 0.5) is 5.82 Å². The van der Waals surface area contributed by atoms with Crippen LogP contribution in [0.15, 0.2) is 47.5 Å². The van der Waals surface area contributed by atoms with Crippen LogP contribution < -0.4 is 5.32 Å². The number of nitrogens with zero attached hydrogens (tertiary/aromatic N) is 3. The molecule has 1 heterocycles. The molecule has 156 valence electrons. The lowest BCUT2D eigenvalue weighted by molar-refractivity contribution is -0.111. The molecule has 29 heavy (non-hydrogen) atoms. The molecule has 0 saturated heterocycles. The summed E-state index contributed by atoms with van der Waals surface area (Å²) in [6.07, 6.45) is 9.37. The normalized spacial score (nSPS) is 15.4. The molecule has 1 aromatic carbocycles. The molecule has 0 atom stereocenters. The van der Waals surface area contributed by atoms with E-state index in [0.29, 0.717) is 24.9 Å². The molecule has 1 aliphatic rings. The van der Waals surface area contributed by atoms with Gasteiger partial charge in [0, 0.05) is 25.2 Å². The Hall–Kier alpha value is -2.45. The molecule has 1 aromatic heterocycles. The topological polar surface area (TPSA) is 84.3 Å². The Morgan fingerprint density at radius 2 is 1.83 bits per heavy atom. The van der Waals surface area contributed by atoms with Crippen molar-refractivity contribution in [1.82, 2.24) is 14.1 Å². The summed E-state index contributed by atoms with van der Waals surface area (Å²) in [5.74, 6) is 0.455. The third kappa shape index (κ3) is 4.94. The number of aromatic nitrogens is 2. The third-order valence-corrected chi connectivity index (χ3v) is 7.31. The third-order valence-electron chi connectivity index (χ3n) is 5.24. The second-order valence-electron chi connectivity index (χ2n) is 7.08. The van der Waals surface area contributed by atoms with Gasteiger partial charge in [-0.1, -0.05) is 38.8 Å². The van der Waals surface area contributed by atoms with Crippen molar-refractivity contribution in [2.45, 2.75) is 50.5 Å². The number of anilines is 1. The molecule has 1 N–H and O–H groups in total. The highest BCUT2D eigenvalue weighted by atomic mass is 32.2. The molecular formula is C21H28N4O3S. The summed E-state index contributed by atoms with van der Waals surface area (Å²) in [5.41, 5.74) is 0.753. The molecule has 0 unspecified atom stereocenters. The van der Waals surface area contributed by atoms with Crippen molar-refractivity contribution in [3.8, 4) is 0 Å². The predicted octanol–water partition coefficient (Wildman–Crippen LogP) is 3.68. The molecular weight excluding hydrogens is 388 g/mol. The number of sulfonamides is 1. The first kappa shape index (κ1) is 21.3. The summed E-state index contributed by atoms with van der Waals surface area (Å²) in [5, 5.41) is 7.22. The van der Waals surface area contributed by atoms with Crippen LogP contribution in [0.1, 0.15) is 51.1 Å². The van der Waals surface area contributed by atoms with Gasteiger partial charge in [-0.15, -0.1) is 0 Å². The first-order chi connectivity index (χ1) is 14.0. The Balaban J connectivity index is 1.65. The highest BCUT2D eigenvalue weighted by Gasteiger charge is 2.21. The van der Waals surface area contributed by atoms with E-state index in [1.54, 1.807) is 42.6 Å². The number of rotatable bonds is 8. The van der Waals surface area contributed by atoms with E-state index < -0.39 is 10.0 Å². The fraction of sp³-hybridized carbons (Fsp3) is 0.429. The molecule has 7 nitrogen and oxygen atoms in total. The molecule has 2 aromatic rings. The zero-order valence-electron chi connectivity index (χ0n) is 16.9. The zero-order chi connectivity index (χ0) is 20.9. The van der Waals surface area contributed by atoms with Gasteiger partial charge in [-0.3, -0.25) is 4.79 Å². The van der Waals surface area contributed by atoms with E-state index in [4.69, 9.17) is 0 Å². The summed E-state index contributed by atoms with van der Waals surface area (Å²) in [6.45, 7) is 4.49. The first-order valence-corrected chi connectivity index (χ1v) is 11.5. The van der Waals surface area contributed by atoms with Gasteiger partial charge in [0.2, 0.25) is 15.9 Å². The molecule has 0 aliphatic heterocycles. The Morgan fingerprint density at radius 1 is 1.17 bits per heavy atom. The van der Waals surface area contributed by atoms with Crippen LogP contribution in [0, 0.1) is 0 Å². The summed E-state index contributed by atoms with van der Waals surface area (Å²) in [7, 11) is -3.48. The van der Waals surface area contributed by atoms with Crippen LogP contribution in [-0.4, -0.2) is 41.5 Å². The Kier molecular flexibility index (Phi) is 6.87. The molecule has 1 aliphatic carbocycles. The van der Waals surface area contributed by atoms with Crippen LogP contribution in [0.3, 0.4) is 0 Å². The van der Waals surface area contributed by atoms with Crippen molar-refractivity contribution in [3.05, 3.63) is 48.2 Å². The number of hydrogen-bond acceptors (Lipinski definition) is 4. The SMILES string of the molecule is CCN(CC)S(=O)(=O)c1ccc(C=CC(=O)Nc2ccnn2C2CCCC2)cc1. The monoisotopic (exact) mass is 416 g/mol. The predicted molar refractivity (Wildman–Crippen MR) is 114 cm³/mol. The quantitative estimate of drug-likeness (QED) is 0.665. The number of nitrogens with one attached hydrogen (secondary N) is 1. The minimum absolute atomic E-state index is 0.246. The second kappa shape index (κ2) is 9.37. The number of carbonyl (C=O) groups excluding carboxylic acids is 1. The standard InChI is InChI=1S/C21H28N4O3S/c1-3-24(4-2)29(27,28)19-12-9-17(10-13-19)11-14-21(26)23-20-15-16-22-25(20)18-7-5-6-8-18/h9-16,18H,3-8H2,1-2H3,(H,23,26). The van der Waals surface area contributed by atoms with Gasteiger partial charge in [0.25, 0.3) is 0 Å². The molecule has 0 radical (unpaired) electrons. The Bertz CT molecular complexity index is 954. The summed E-state index contributed by atoms with van der Waals surface area (Å²) in [6, 6.07) is 8.69. The average molecular weight is 417 g/mol. The summed E-state index contributed by atoms with van der Waals surface area (Å²) >= 11 is 0. The number of amides is 1. The van der Waals surface area contributed by atoms with Crippen molar-refractivity contribution < 1.29 is 13.2 Å². The first-order valence-electron chi connectivity index (χ1n) is 10.1. The van der Waals surface area contributed by atoms with Crippen LogP contribution in [0.5, 0.6) is 0 Å². The van der Waals surface area contributed by atoms with Gasteiger partial charge in [0.05, 0.1) is 17.1 Å². The largest absolute Gasteiger partial charge is 0.307 e. The van der Waals surface area contributed by atoms with Gasteiger partial charge < -0.3 is 5.32 Å². The number of carbonyl (C=O) groups is 1. The van der Waals surface area contributed by atoms with Gasteiger partial charge in [0.15, 0.2) is 0 Å². The lowest BCUT2D eigenvalue weighted by Crippen LogP contribution is -2.30. The van der Waals surface area contributed by atoms with E-state index >= 15 is 0 Å². The maximum Gasteiger partial charge on any atom is 0.249 e. The molecule has 3 rings (SSSR count). The van der Waals surface area contributed by atoms with Crippen molar-refractivity contribution in [2.75, 3.05) is 18.4 Å². The van der Waals surface area contributed by atoms with Crippen molar-refractivity contribution in [2.24, 2.45) is 0 Å². The van der Waals surface area contributed by atoms with Crippen LogP contribution in [-0.2, 0) is 14.8 Å². The van der Waals surface area contributed by atoms with E-state index in [1.165, 1.54) is 23.2 Å². The zero-order valence-corrected chi connectivity index (χ0v) is 17.7. The van der Waals surface area contributed by atoms with Gasteiger partial charge in [-0.25, -0.2) is 13.1 Å². The molecule has 0 spiro atoms. The summed E-state index contributed by atoms with van der Waals surface area (Å²) in [4.78, 5) is 12.6. The van der Waals surface area contributed by atoms with Crippen molar-refractivity contribution >= 4 is 27.8 Å². The second-order valence-corrected chi connectivity index (χ2v) is 9.02. The van der Waals surface area contributed by atoms with Crippen LogP contribution in [0.2, 0.25) is 0 Å². The van der Waals surface area contributed by atoms with Gasteiger partial charge in [-0.05, 0) is 36.6 Å². The summed E-state index contributed by atoms with van der Waals surface area (Å²) < 4.78 is 28.4. The molecule has 0 bridgehead atoms. The molecule has 1 saturated carbocycles. The average Bonchev–Trinajstić information content (AvgIpc) is 3.39. The minimum Gasteiger partial charge on any atom is -0.307 e. The lowest BCUT2D eigenvalue weighted by Gasteiger charge is -2.18. The fourth-order valence-corrected chi connectivity index (χ4v) is 5.11. The van der Waals surface area contributed by atoms with E-state index in [2.05, 4.69) is 10.4 Å². The smallest absolute Gasteiger partial charge is 0.249 e. The number of hydrogen-bond donors (Lipinski definition) is 1. The van der Waals surface area contributed by atoms with E-state index in [0.717, 1.165) is 18.4 Å². The van der Waals surface area contributed by atoms with E-state index in [1.807, 2.05) is 18.5 Å². The van der Waals surface area contributed by atoms with Crippen molar-refractivity contribution in [1.29, 1.82) is 0 Å². The minimum atomic E-state index is -3.48. The number of benzene rings is 1. The molecule has 1 amide bonds.